The molecule has 0 amide bonds. The fourth-order valence-electron chi connectivity index (χ4n) is 2.41. The van der Waals surface area contributed by atoms with Gasteiger partial charge in [0.25, 0.3) is 0 Å². The maximum Gasteiger partial charge on any atom is 0.161 e. The summed E-state index contributed by atoms with van der Waals surface area (Å²) in [6.07, 6.45) is 8.48. The van der Waals surface area contributed by atoms with Crippen molar-refractivity contribution in [2.45, 2.75) is 71.7 Å². The molecule has 0 N–H and O–H groups in total. The number of hydrogen-bond donors (Lipinski definition) is 0. The van der Waals surface area contributed by atoms with E-state index >= 15 is 0 Å². The van der Waals surface area contributed by atoms with Gasteiger partial charge in [-0.25, -0.2) is 0 Å². The third-order valence-electron chi connectivity index (χ3n) is 3.73. The molecule has 112 valence electrons. The monoisotopic (exact) mass is 277 g/mol. The Kier molecular flexibility index (Phi) is 6.98. The van der Waals surface area contributed by atoms with Gasteiger partial charge in [0.15, 0.2) is 11.9 Å². The Balaban J connectivity index is 2.88. The normalized spacial score (nSPS) is 31.4. The fraction of sp³-hybridized carbons (Fsp3) is 0.706. The van der Waals surface area contributed by atoms with Crippen molar-refractivity contribution < 1.29 is 9.47 Å². The molecule has 20 heavy (non-hydrogen) atoms. The van der Waals surface area contributed by atoms with E-state index in [0.717, 1.165) is 19.3 Å². The second kappa shape index (κ2) is 8.24. The largest absolute Gasteiger partial charge is 0.353 e. The number of nitriles is 1. The van der Waals surface area contributed by atoms with Gasteiger partial charge in [-0.15, -0.1) is 0 Å². The summed E-state index contributed by atoms with van der Waals surface area (Å²) in [6.45, 7) is 8.65. The standard InChI is InChI=1S/C17H27NO2/c1-5-19-16(4)20-17(13-18)11-9-14(2)7-6-8-15(3)10-12-17/h7,10,16H,5-6,8-9,11-12H2,1-4H3/b14-7+,15-10+. The van der Waals surface area contributed by atoms with Crippen LogP contribution in [0.5, 0.6) is 0 Å². The van der Waals surface area contributed by atoms with Gasteiger partial charge in [0.2, 0.25) is 0 Å². The molecule has 0 aliphatic heterocycles. The van der Waals surface area contributed by atoms with E-state index in [2.05, 4.69) is 32.1 Å². The van der Waals surface area contributed by atoms with Gasteiger partial charge < -0.3 is 9.47 Å². The van der Waals surface area contributed by atoms with E-state index in [1.54, 1.807) is 0 Å². The molecule has 3 heteroatoms. The van der Waals surface area contributed by atoms with E-state index < -0.39 is 5.60 Å². The van der Waals surface area contributed by atoms with Crippen molar-refractivity contribution in [3.63, 3.8) is 0 Å². The van der Waals surface area contributed by atoms with Crippen LogP contribution >= 0.6 is 0 Å². The molecule has 0 aromatic carbocycles. The molecule has 2 atom stereocenters. The van der Waals surface area contributed by atoms with E-state index in [0.29, 0.717) is 19.4 Å². The van der Waals surface area contributed by atoms with Crippen LogP contribution in [-0.2, 0) is 9.47 Å². The minimum absolute atomic E-state index is 0.347. The molecule has 0 radical (unpaired) electrons. The highest BCUT2D eigenvalue weighted by Crippen LogP contribution is 2.29. The maximum atomic E-state index is 9.63. The number of ether oxygens (including phenoxy) is 2. The quantitative estimate of drug-likeness (QED) is 0.561. The third kappa shape index (κ3) is 5.48. The molecule has 0 spiro atoms. The zero-order valence-electron chi connectivity index (χ0n) is 13.2. The summed E-state index contributed by atoms with van der Waals surface area (Å²) in [4.78, 5) is 0. The van der Waals surface area contributed by atoms with Crippen LogP contribution in [0, 0.1) is 11.3 Å². The second-order valence-electron chi connectivity index (χ2n) is 5.59. The van der Waals surface area contributed by atoms with Crippen molar-refractivity contribution in [3.05, 3.63) is 23.3 Å². The fourth-order valence-corrected chi connectivity index (χ4v) is 2.41. The minimum atomic E-state index is -0.776. The molecule has 0 bridgehead atoms. The molecule has 1 aliphatic carbocycles. The van der Waals surface area contributed by atoms with Crippen LogP contribution in [0.2, 0.25) is 0 Å². The van der Waals surface area contributed by atoms with Gasteiger partial charge in [0.05, 0.1) is 6.07 Å². The van der Waals surface area contributed by atoms with Crippen molar-refractivity contribution in [3.8, 4) is 6.07 Å². The summed E-state index contributed by atoms with van der Waals surface area (Å²) in [5, 5.41) is 9.63. The lowest BCUT2D eigenvalue weighted by atomic mass is 9.90. The molecular weight excluding hydrogens is 250 g/mol. The molecule has 0 fully saturated rings. The Hall–Kier alpha value is -1.11. The average Bonchev–Trinajstić information content (AvgIpc) is 2.42. The van der Waals surface area contributed by atoms with Gasteiger partial charge in [0, 0.05) is 13.0 Å². The van der Waals surface area contributed by atoms with Crippen molar-refractivity contribution in [1.29, 1.82) is 5.26 Å². The summed E-state index contributed by atoms with van der Waals surface area (Å²) in [5.74, 6) is 0. The first-order valence-electron chi connectivity index (χ1n) is 7.53. The van der Waals surface area contributed by atoms with Gasteiger partial charge in [0.1, 0.15) is 0 Å². The SMILES string of the molecule is CCOC(C)OC1(C#N)C/C=C(\C)CC/C=C(\C)CC1. The molecule has 0 saturated carbocycles. The molecule has 3 nitrogen and oxygen atoms in total. The van der Waals surface area contributed by atoms with E-state index in [4.69, 9.17) is 9.47 Å². The molecule has 1 aliphatic rings. The van der Waals surface area contributed by atoms with Crippen molar-refractivity contribution in [2.24, 2.45) is 0 Å². The van der Waals surface area contributed by atoms with Gasteiger partial charge in [-0.2, -0.15) is 5.26 Å². The zero-order valence-corrected chi connectivity index (χ0v) is 13.2. The summed E-state index contributed by atoms with van der Waals surface area (Å²) in [5.41, 5.74) is 1.89. The zero-order chi connectivity index (χ0) is 15.0. The van der Waals surface area contributed by atoms with E-state index in [1.165, 1.54) is 11.1 Å². The Morgan fingerprint density at radius 1 is 1.30 bits per heavy atom. The molecule has 0 aromatic rings. The van der Waals surface area contributed by atoms with Crippen molar-refractivity contribution in [2.75, 3.05) is 6.61 Å². The first-order chi connectivity index (χ1) is 9.51. The first-order valence-corrected chi connectivity index (χ1v) is 7.53. The summed E-state index contributed by atoms with van der Waals surface area (Å²) < 4.78 is 11.4. The lowest BCUT2D eigenvalue weighted by molar-refractivity contribution is -0.182. The van der Waals surface area contributed by atoms with Crippen LogP contribution in [0.15, 0.2) is 23.3 Å². The van der Waals surface area contributed by atoms with Gasteiger partial charge in [-0.1, -0.05) is 23.3 Å². The number of nitrogens with zero attached hydrogens (tertiary/aromatic N) is 1. The van der Waals surface area contributed by atoms with E-state index in [-0.39, 0.29) is 6.29 Å². The average molecular weight is 277 g/mol. The predicted octanol–water partition coefficient (Wildman–Crippen LogP) is 4.50. The second-order valence-corrected chi connectivity index (χ2v) is 5.59. The number of rotatable bonds is 4. The lowest BCUT2D eigenvalue weighted by Crippen LogP contribution is -2.35. The Morgan fingerprint density at radius 2 is 2.00 bits per heavy atom. The number of hydrogen-bond acceptors (Lipinski definition) is 3. The van der Waals surface area contributed by atoms with Crippen molar-refractivity contribution >= 4 is 0 Å². The number of allylic oxidation sites excluding steroid dienone is 3. The highest BCUT2D eigenvalue weighted by molar-refractivity contribution is 5.14. The van der Waals surface area contributed by atoms with Gasteiger partial charge >= 0.3 is 0 Å². The van der Waals surface area contributed by atoms with Crippen molar-refractivity contribution in [1.82, 2.24) is 0 Å². The highest BCUT2D eigenvalue weighted by atomic mass is 16.7. The molecular formula is C17H27NO2. The molecule has 0 saturated heterocycles. The summed E-state index contributed by atoms with van der Waals surface area (Å²) in [6, 6.07) is 2.39. The highest BCUT2D eigenvalue weighted by Gasteiger charge is 2.32. The van der Waals surface area contributed by atoms with Crippen LogP contribution in [-0.4, -0.2) is 18.5 Å². The molecule has 2 unspecified atom stereocenters. The Morgan fingerprint density at radius 3 is 2.65 bits per heavy atom. The molecule has 1 rings (SSSR count). The van der Waals surface area contributed by atoms with Crippen LogP contribution in [0.25, 0.3) is 0 Å². The van der Waals surface area contributed by atoms with Crippen LogP contribution in [0.1, 0.15) is 59.8 Å². The van der Waals surface area contributed by atoms with Gasteiger partial charge in [-0.3, -0.25) is 0 Å². The third-order valence-corrected chi connectivity index (χ3v) is 3.73. The smallest absolute Gasteiger partial charge is 0.161 e. The maximum absolute atomic E-state index is 9.63. The van der Waals surface area contributed by atoms with Crippen LogP contribution < -0.4 is 0 Å². The van der Waals surface area contributed by atoms with E-state index in [1.807, 2.05) is 13.8 Å². The van der Waals surface area contributed by atoms with E-state index in [9.17, 15) is 5.26 Å². The predicted molar refractivity (Wildman–Crippen MR) is 81.1 cm³/mol. The summed E-state index contributed by atoms with van der Waals surface area (Å²) >= 11 is 0. The first kappa shape index (κ1) is 16.9. The Bertz CT molecular complexity index is 406. The molecule has 0 heterocycles. The van der Waals surface area contributed by atoms with Gasteiger partial charge in [-0.05, 0) is 53.4 Å². The van der Waals surface area contributed by atoms with Crippen LogP contribution in [0.3, 0.4) is 0 Å². The Labute approximate surface area is 123 Å². The molecule has 0 aromatic heterocycles. The summed E-state index contributed by atoms with van der Waals surface area (Å²) in [7, 11) is 0. The van der Waals surface area contributed by atoms with Crippen LogP contribution in [0.4, 0.5) is 0 Å². The minimum Gasteiger partial charge on any atom is -0.353 e. The lowest BCUT2D eigenvalue weighted by Gasteiger charge is -2.30. The topological polar surface area (TPSA) is 42.2 Å².